The van der Waals surface area contributed by atoms with Crippen molar-refractivity contribution in [3.63, 3.8) is 0 Å². The standard InChI is InChI=1S/C32H27F4N3O3S/c1-38-16-22(15-19-3-9-24(10-4-19)41-30(33)34)28-26(17-38)29(21-7-13-25(14-8-21)42-31(35)36)39-27(18-43-32(39)37-28)20-5-11-23(40-2)12-6-20/h3-15,18,29-31H,16-17H2,1-2H3/b22-15+. The maximum atomic E-state index is 12.9. The van der Waals surface area contributed by atoms with Crippen LogP contribution in [0.3, 0.4) is 0 Å². The van der Waals surface area contributed by atoms with Gasteiger partial charge in [-0.2, -0.15) is 17.6 Å². The molecule has 0 N–H and O–H groups in total. The molecule has 0 bridgehead atoms. The summed E-state index contributed by atoms with van der Waals surface area (Å²) in [5, 5.41) is 2.86. The van der Waals surface area contributed by atoms with Crippen LogP contribution >= 0.6 is 11.8 Å². The van der Waals surface area contributed by atoms with Crippen molar-refractivity contribution < 1.29 is 31.8 Å². The molecule has 0 saturated carbocycles. The summed E-state index contributed by atoms with van der Waals surface area (Å²) >= 11 is 1.52. The summed E-state index contributed by atoms with van der Waals surface area (Å²) in [5.41, 5.74) is 6.53. The molecule has 3 aromatic rings. The Morgan fingerprint density at radius 1 is 0.837 bits per heavy atom. The molecule has 0 fully saturated rings. The lowest BCUT2D eigenvalue weighted by Crippen LogP contribution is -2.40. The minimum atomic E-state index is -2.91. The predicted molar refractivity (Wildman–Crippen MR) is 159 cm³/mol. The number of ether oxygens (including phenoxy) is 3. The summed E-state index contributed by atoms with van der Waals surface area (Å²) in [4.78, 5) is 9.51. The number of fused-ring (bicyclic) bond motifs is 1. The number of alkyl halides is 4. The lowest BCUT2D eigenvalue weighted by molar-refractivity contribution is -0.0505. The Kier molecular flexibility index (Phi) is 8.18. The average Bonchev–Trinajstić information content (AvgIpc) is 3.41. The molecule has 43 heavy (non-hydrogen) atoms. The van der Waals surface area contributed by atoms with Gasteiger partial charge in [0.2, 0.25) is 0 Å². The SMILES string of the molecule is COc1ccc(C2=CSC3=NC4=C(CN(C)C/C4=C\c4ccc(OC(F)F)cc4)C(c4ccc(OC(F)F)cc4)N23)cc1. The van der Waals surface area contributed by atoms with Crippen molar-refractivity contribution in [1.82, 2.24) is 9.80 Å². The van der Waals surface area contributed by atoms with Crippen LogP contribution in [0.25, 0.3) is 11.8 Å². The number of halogens is 4. The van der Waals surface area contributed by atoms with Gasteiger partial charge in [0.15, 0.2) is 5.17 Å². The van der Waals surface area contributed by atoms with Gasteiger partial charge in [0.1, 0.15) is 17.2 Å². The first-order valence-electron chi connectivity index (χ1n) is 13.4. The molecule has 0 saturated heterocycles. The normalized spacial score (nSPS) is 19.4. The van der Waals surface area contributed by atoms with E-state index in [2.05, 4.69) is 24.7 Å². The summed E-state index contributed by atoms with van der Waals surface area (Å²) in [5.74, 6) is 0.918. The topological polar surface area (TPSA) is 46.5 Å². The number of thioether (sulfide) groups is 1. The summed E-state index contributed by atoms with van der Waals surface area (Å²) in [6.45, 7) is -4.55. The van der Waals surface area contributed by atoms with Crippen LogP contribution in [0, 0.1) is 0 Å². The molecule has 6 rings (SSSR count). The maximum Gasteiger partial charge on any atom is 0.387 e. The number of benzene rings is 3. The molecule has 6 nitrogen and oxygen atoms in total. The second kappa shape index (κ2) is 12.2. The van der Waals surface area contributed by atoms with E-state index in [0.717, 1.165) is 50.1 Å². The minimum absolute atomic E-state index is 0.0833. The quantitative estimate of drug-likeness (QED) is 0.245. The smallest absolute Gasteiger partial charge is 0.387 e. The van der Waals surface area contributed by atoms with Gasteiger partial charge in [-0.15, -0.1) is 0 Å². The van der Waals surface area contributed by atoms with E-state index in [-0.39, 0.29) is 17.5 Å². The predicted octanol–water partition coefficient (Wildman–Crippen LogP) is 7.64. The molecule has 1 unspecified atom stereocenters. The summed E-state index contributed by atoms with van der Waals surface area (Å²) in [6.07, 6.45) is 2.00. The molecule has 1 atom stereocenters. The maximum absolute atomic E-state index is 12.9. The molecule has 3 aromatic carbocycles. The molecule has 3 aliphatic rings. The van der Waals surface area contributed by atoms with E-state index in [1.54, 1.807) is 31.4 Å². The highest BCUT2D eigenvalue weighted by Gasteiger charge is 2.41. The van der Waals surface area contributed by atoms with Crippen LogP contribution in [0.5, 0.6) is 17.2 Å². The van der Waals surface area contributed by atoms with E-state index < -0.39 is 13.2 Å². The fourth-order valence-corrected chi connectivity index (χ4v) is 6.40. The van der Waals surface area contributed by atoms with Crippen LogP contribution in [0.1, 0.15) is 22.7 Å². The molecule has 0 radical (unpaired) electrons. The number of hydrogen-bond acceptors (Lipinski definition) is 7. The van der Waals surface area contributed by atoms with Gasteiger partial charge >= 0.3 is 13.2 Å². The highest BCUT2D eigenvalue weighted by Crippen LogP contribution is 2.49. The Bertz CT molecular complexity index is 1600. The number of amidine groups is 1. The van der Waals surface area contributed by atoms with Crippen molar-refractivity contribution in [2.24, 2.45) is 4.99 Å². The Morgan fingerprint density at radius 3 is 2.05 bits per heavy atom. The zero-order valence-corrected chi connectivity index (χ0v) is 24.0. The van der Waals surface area contributed by atoms with E-state index in [4.69, 9.17) is 9.73 Å². The summed E-state index contributed by atoms with van der Waals surface area (Å²) in [6, 6.07) is 20.7. The number of aliphatic imine (C=N–C) groups is 1. The number of nitrogens with zero attached hydrogens (tertiary/aromatic N) is 3. The summed E-state index contributed by atoms with van der Waals surface area (Å²) < 4.78 is 65.5. The van der Waals surface area contributed by atoms with Crippen LogP contribution in [0.15, 0.2) is 100 Å². The molecule has 222 valence electrons. The monoisotopic (exact) mass is 609 g/mol. The van der Waals surface area contributed by atoms with Gasteiger partial charge in [0.05, 0.1) is 24.5 Å². The van der Waals surface area contributed by atoms with Gasteiger partial charge in [0, 0.05) is 18.5 Å². The third kappa shape index (κ3) is 6.14. The molecule has 0 aliphatic carbocycles. The van der Waals surface area contributed by atoms with E-state index in [9.17, 15) is 17.6 Å². The van der Waals surface area contributed by atoms with Crippen molar-refractivity contribution in [3.8, 4) is 17.2 Å². The van der Waals surface area contributed by atoms with Gasteiger partial charge in [-0.25, -0.2) is 4.99 Å². The Morgan fingerprint density at radius 2 is 1.44 bits per heavy atom. The van der Waals surface area contributed by atoms with Gasteiger partial charge in [-0.05, 0) is 89.5 Å². The van der Waals surface area contributed by atoms with Crippen molar-refractivity contribution >= 4 is 28.7 Å². The Balaban J connectivity index is 1.43. The molecule has 0 amide bonds. The third-order valence-electron chi connectivity index (χ3n) is 7.28. The molecular weight excluding hydrogens is 582 g/mol. The zero-order valence-electron chi connectivity index (χ0n) is 23.2. The lowest BCUT2D eigenvalue weighted by atomic mass is 9.88. The van der Waals surface area contributed by atoms with Crippen LogP contribution < -0.4 is 14.2 Å². The molecule has 0 aromatic heterocycles. The third-order valence-corrected chi connectivity index (χ3v) is 8.12. The number of likely N-dealkylation sites (N-methyl/N-ethyl adjacent to an activating group) is 1. The van der Waals surface area contributed by atoms with E-state index >= 15 is 0 Å². The number of hydrogen-bond donors (Lipinski definition) is 0. The van der Waals surface area contributed by atoms with E-state index in [1.807, 2.05) is 49.5 Å². The van der Waals surface area contributed by atoms with Gasteiger partial charge in [0.25, 0.3) is 0 Å². The minimum Gasteiger partial charge on any atom is -0.497 e. The zero-order chi connectivity index (χ0) is 30.1. The molecule has 11 heteroatoms. The lowest BCUT2D eigenvalue weighted by Gasteiger charge is -2.42. The van der Waals surface area contributed by atoms with E-state index in [1.165, 1.54) is 23.9 Å². The van der Waals surface area contributed by atoms with E-state index in [0.29, 0.717) is 13.1 Å². The van der Waals surface area contributed by atoms with Crippen molar-refractivity contribution in [2.45, 2.75) is 19.3 Å². The van der Waals surface area contributed by atoms with Crippen LogP contribution in [-0.4, -0.2) is 55.4 Å². The van der Waals surface area contributed by atoms with Crippen LogP contribution in [-0.2, 0) is 0 Å². The van der Waals surface area contributed by atoms with Gasteiger partial charge in [-0.3, -0.25) is 4.90 Å². The molecule has 3 heterocycles. The number of methoxy groups -OCH3 is 1. The fourth-order valence-electron chi connectivity index (χ4n) is 5.47. The van der Waals surface area contributed by atoms with Crippen LogP contribution in [0.4, 0.5) is 17.6 Å². The second-order valence-corrected chi connectivity index (χ2v) is 11.0. The van der Waals surface area contributed by atoms with Gasteiger partial charge < -0.3 is 19.1 Å². The fraction of sp³-hybridized carbons (Fsp3) is 0.219. The first-order valence-corrected chi connectivity index (χ1v) is 14.3. The Hall–Kier alpha value is -4.22. The first-order chi connectivity index (χ1) is 20.8. The largest absolute Gasteiger partial charge is 0.497 e. The molecule has 0 spiro atoms. The van der Waals surface area contributed by atoms with Gasteiger partial charge in [-0.1, -0.05) is 36.0 Å². The highest BCUT2D eigenvalue weighted by atomic mass is 32.2. The summed E-state index contributed by atoms with van der Waals surface area (Å²) in [7, 11) is 3.64. The Labute approximate surface area is 250 Å². The van der Waals surface area contributed by atoms with Crippen molar-refractivity contribution in [1.29, 1.82) is 0 Å². The van der Waals surface area contributed by atoms with Crippen molar-refractivity contribution in [3.05, 3.63) is 112 Å². The highest BCUT2D eigenvalue weighted by molar-refractivity contribution is 8.16. The average molecular weight is 610 g/mol. The van der Waals surface area contributed by atoms with Crippen molar-refractivity contribution in [2.75, 3.05) is 27.2 Å². The first kappa shape index (κ1) is 28.9. The van der Waals surface area contributed by atoms with Crippen LogP contribution in [0.2, 0.25) is 0 Å². The molecule has 3 aliphatic heterocycles. The second-order valence-electron chi connectivity index (χ2n) is 10.1. The number of rotatable bonds is 8. The molecular formula is C32H27F4N3O3S.